The molecule has 2 saturated carbocycles. The third-order valence-electron chi connectivity index (χ3n) is 6.39. The molecule has 4 atom stereocenters. The minimum absolute atomic E-state index is 0. The molecular formula is C18H28Cl2N4O3S. The quantitative estimate of drug-likeness (QED) is 0.718. The molecule has 1 saturated heterocycles. The first-order valence-corrected chi connectivity index (χ1v) is 10.8. The molecule has 0 radical (unpaired) electrons. The van der Waals surface area contributed by atoms with Crippen molar-refractivity contribution in [1.82, 2.24) is 4.90 Å². The highest BCUT2D eigenvalue weighted by Crippen LogP contribution is 2.48. The molecular weight excluding hydrogens is 423 g/mol. The second-order valence-corrected chi connectivity index (χ2v) is 9.35. The third kappa shape index (κ3) is 4.26. The van der Waals surface area contributed by atoms with Gasteiger partial charge < -0.3 is 15.5 Å². The zero-order valence-corrected chi connectivity index (χ0v) is 18.0. The zero-order valence-electron chi connectivity index (χ0n) is 15.6. The van der Waals surface area contributed by atoms with Crippen LogP contribution in [-0.4, -0.2) is 51.4 Å². The monoisotopic (exact) mass is 450 g/mol. The van der Waals surface area contributed by atoms with Gasteiger partial charge in [-0.3, -0.25) is 4.79 Å². The Morgan fingerprint density at radius 3 is 2.04 bits per heavy atom. The van der Waals surface area contributed by atoms with Crippen molar-refractivity contribution in [3.8, 4) is 0 Å². The number of hydrogen-bond donors (Lipinski definition) is 2. The number of benzene rings is 1. The SMILES string of the molecule is Cl.Cl.NC1C2CCC(C2)C1C(=O)N1CCN(c2ccc(S(N)(=O)=O)cc2)CC1. The maximum Gasteiger partial charge on any atom is 0.238 e. The van der Waals surface area contributed by atoms with Crippen LogP contribution in [0.4, 0.5) is 5.69 Å². The number of carbonyl (C=O) groups excluding carboxylic acids is 1. The molecule has 10 heteroatoms. The first kappa shape index (κ1) is 23.2. The van der Waals surface area contributed by atoms with Crippen molar-refractivity contribution in [3.63, 3.8) is 0 Å². The number of nitrogens with two attached hydrogens (primary N) is 2. The number of nitrogens with zero attached hydrogens (tertiary/aromatic N) is 2. The minimum Gasteiger partial charge on any atom is -0.368 e. The van der Waals surface area contributed by atoms with Crippen LogP contribution in [0.2, 0.25) is 0 Å². The first-order chi connectivity index (χ1) is 12.3. The molecule has 0 aromatic heterocycles. The van der Waals surface area contributed by atoms with Gasteiger partial charge in [-0.15, -0.1) is 24.8 Å². The lowest BCUT2D eigenvalue weighted by Crippen LogP contribution is -2.54. The number of primary sulfonamides is 1. The van der Waals surface area contributed by atoms with E-state index in [1.165, 1.54) is 18.6 Å². The summed E-state index contributed by atoms with van der Waals surface area (Å²) in [5.41, 5.74) is 7.27. The number of piperazine rings is 1. The lowest BCUT2D eigenvalue weighted by molar-refractivity contribution is -0.138. The molecule has 4 N–H and O–H groups in total. The number of rotatable bonds is 3. The normalized spacial score (nSPS) is 29.2. The lowest BCUT2D eigenvalue weighted by Gasteiger charge is -2.39. The van der Waals surface area contributed by atoms with Crippen molar-refractivity contribution in [2.75, 3.05) is 31.1 Å². The second kappa shape index (κ2) is 8.75. The van der Waals surface area contributed by atoms with Gasteiger partial charge in [0.25, 0.3) is 0 Å². The molecule has 1 aliphatic heterocycles. The summed E-state index contributed by atoms with van der Waals surface area (Å²) in [4.78, 5) is 17.2. The number of amides is 1. The van der Waals surface area contributed by atoms with Gasteiger partial charge in [-0.05, 0) is 55.4 Å². The highest BCUT2D eigenvalue weighted by molar-refractivity contribution is 7.89. The molecule has 3 fully saturated rings. The molecule has 1 heterocycles. The van der Waals surface area contributed by atoms with Crippen molar-refractivity contribution < 1.29 is 13.2 Å². The molecule has 28 heavy (non-hydrogen) atoms. The van der Waals surface area contributed by atoms with E-state index in [-0.39, 0.29) is 47.6 Å². The Bertz CT molecular complexity index is 796. The molecule has 2 aliphatic carbocycles. The standard InChI is InChI=1S/C18H26N4O3S.2ClH/c19-17-13-2-1-12(11-13)16(17)18(23)22-9-7-21(8-10-22)14-3-5-15(6-4-14)26(20,24)25;;/h3-6,12-13,16-17H,1-2,7-11,19H2,(H2,20,24,25);2*1H. The van der Waals surface area contributed by atoms with Crippen molar-refractivity contribution in [2.24, 2.45) is 28.6 Å². The van der Waals surface area contributed by atoms with Gasteiger partial charge in [0, 0.05) is 37.9 Å². The van der Waals surface area contributed by atoms with Crippen molar-refractivity contribution >= 4 is 46.4 Å². The lowest BCUT2D eigenvalue weighted by atomic mass is 9.84. The van der Waals surface area contributed by atoms with E-state index in [9.17, 15) is 13.2 Å². The number of sulfonamides is 1. The van der Waals surface area contributed by atoms with Gasteiger partial charge in [-0.2, -0.15) is 0 Å². The third-order valence-corrected chi connectivity index (χ3v) is 7.32. The van der Waals surface area contributed by atoms with Crippen LogP contribution in [0.1, 0.15) is 19.3 Å². The smallest absolute Gasteiger partial charge is 0.238 e. The summed E-state index contributed by atoms with van der Waals surface area (Å²) >= 11 is 0. The van der Waals surface area contributed by atoms with Gasteiger partial charge in [-0.1, -0.05) is 0 Å². The van der Waals surface area contributed by atoms with E-state index in [4.69, 9.17) is 10.9 Å². The summed E-state index contributed by atoms with van der Waals surface area (Å²) in [6.45, 7) is 2.82. The van der Waals surface area contributed by atoms with Crippen LogP contribution in [-0.2, 0) is 14.8 Å². The van der Waals surface area contributed by atoms with Crippen molar-refractivity contribution in [2.45, 2.75) is 30.2 Å². The number of fused-ring (bicyclic) bond motifs is 2. The topological polar surface area (TPSA) is 110 Å². The number of anilines is 1. The summed E-state index contributed by atoms with van der Waals surface area (Å²) in [6, 6.07) is 6.61. The molecule has 158 valence electrons. The van der Waals surface area contributed by atoms with Gasteiger partial charge in [0.15, 0.2) is 0 Å². The van der Waals surface area contributed by atoms with Crippen LogP contribution in [0.15, 0.2) is 29.2 Å². The highest BCUT2D eigenvalue weighted by Gasteiger charge is 2.50. The predicted molar refractivity (Wildman–Crippen MR) is 113 cm³/mol. The van der Waals surface area contributed by atoms with Gasteiger partial charge >= 0.3 is 0 Å². The van der Waals surface area contributed by atoms with Gasteiger partial charge in [0.1, 0.15) is 0 Å². The first-order valence-electron chi connectivity index (χ1n) is 9.27. The van der Waals surface area contributed by atoms with Crippen LogP contribution in [0.3, 0.4) is 0 Å². The molecule has 0 spiro atoms. The van der Waals surface area contributed by atoms with Gasteiger partial charge in [-0.25, -0.2) is 13.6 Å². The van der Waals surface area contributed by atoms with E-state index in [1.807, 2.05) is 4.90 Å². The largest absolute Gasteiger partial charge is 0.368 e. The Kier molecular flexibility index (Phi) is 7.26. The maximum atomic E-state index is 12.9. The van der Waals surface area contributed by atoms with Crippen LogP contribution < -0.4 is 15.8 Å². The Morgan fingerprint density at radius 1 is 0.964 bits per heavy atom. The molecule has 3 aliphatic rings. The molecule has 1 aromatic rings. The molecule has 2 bridgehead atoms. The summed E-state index contributed by atoms with van der Waals surface area (Å²) < 4.78 is 22.7. The van der Waals surface area contributed by atoms with Crippen LogP contribution >= 0.6 is 24.8 Å². The van der Waals surface area contributed by atoms with Crippen molar-refractivity contribution in [3.05, 3.63) is 24.3 Å². The molecule has 7 nitrogen and oxygen atoms in total. The van der Waals surface area contributed by atoms with Crippen LogP contribution in [0, 0.1) is 17.8 Å². The van der Waals surface area contributed by atoms with Crippen LogP contribution in [0.25, 0.3) is 0 Å². The average Bonchev–Trinajstić information content (AvgIpc) is 3.22. The summed E-state index contributed by atoms with van der Waals surface area (Å²) in [5, 5.41) is 5.14. The van der Waals surface area contributed by atoms with E-state index in [0.29, 0.717) is 24.9 Å². The van der Waals surface area contributed by atoms with Gasteiger partial charge in [0.05, 0.1) is 10.8 Å². The minimum atomic E-state index is -3.67. The average molecular weight is 451 g/mol. The van der Waals surface area contributed by atoms with Crippen molar-refractivity contribution in [1.29, 1.82) is 0 Å². The fraction of sp³-hybridized carbons (Fsp3) is 0.611. The Labute approximate surface area is 178 Å². The summed E-state index contributed by atoms with van der Waals surface area (Å²) in [7, 11) is -3.67. The predicted octanol–water partition coefficient (Wildman–Crippen LogP) is 1.20. The highest BCUT2D eigenvalue weighted by atomic mass is 35.5. The van der Waals surface area contributed by atoms with E-state index >= 15 is 0 Å². The summed E-state index contributed by atoms with van der Waals surface area (Å²) in [5.74, 6) is 1.25. The van der Waals surface area contributed by atoms with Crippen LogP contribution in [0.5, 0.6) is 0 Å². The Hall–Kier alpha value is -1.06. The van der Waals surface area contributed by atoms with E-state index in [0.717, 1.165) is 31.6 Å². The molecule has 4 rings (SSSR count). The maximum absolute atomic E-state index is 12.9. The second-order valence-electron chi connectivity index (χ2n) is 7.79. The number of hydrogen-bond acceptors (Lipinski definition) is 5. The number of carbonyl (C=O) groups is 1. The fourth-order valence-electron chi connectivity index (χ4n) is 4.94. The molecule has 4 unspecified atom stereocenters. The zero-order chi connectivity index (χ0) is 18.5. The Balaban J connectivity index is 0.00000140. The molecule has 1 amide bonds. The van der Waals surface area contributed by atoms with E-state index < -0.39 is 10.0 Å². The fourth-order valence-corrected chi connectivity index (χ4v) is 5.46. The van der Waals surface area contributed by atoms with E-state index in [1.54, 1.807) is 12.1 Å². The summed E-state index contributed by atoms with van der Waals surface area (Å²) in [6.07, 6.45) is 3.44. The number of halogens is 2. The van der Waals surface area contributed by atoms with E-state index in [2.05, 4.69) is 4.90 Å². The molecule has 1 aromatic carbocycles. The Morgan fingerprint density at radius 2 is 1.54 bits per heavy atom. The van der Waals surface area contributed by atoms with Gasteiger partial charge in [0.2, 0.25) is 15.9 Å².